The monoisotopic (exact) mass is 281 g/mol. The summed E-state index contributed by atoms with van der Waals surface area (Å²) in [6.07, 6.45) is 6.75. The van der Waals surface area contributed by atoms with Crippen molar-refractivity contribution in [1.82, 2.24) is 9.80 Å². The largest absolute Gasteiger partial charge is 0.450 e. The van der Waals surface area contributed by atoms with Gasteiger partial charge in [0.2, 0.25) is 0 Å². The molecule has 5 heteroatoms. The van der Waals surface area contributed by atoms with E-state index in [2.05, 4.69) is 4.90 Å². The van der Waals surface area contributed by atoms with Crippen LogP contribution in [-0.2, 0) is 4.74 Å². The highest BCUT2D eigenvalue weighted by Gasteiger charge is 2.45. The lowest BCUT2D eigenvalue weighted by Crippen LogP contribution is -2.55. The zero-order chi connectivity index (χ0) is 14.1. The van der Waals surface area contributed by atoms with Gasteiger partial charge in [-0.25, -0.2) is 4.79 Å². The predicted molar refractivity (Wildman–Crippen MR) is 77.5 cm³/mol. The molecule has 114 valence electrons. The first kappa shape index (κ1) is 14.1. The number of amides is 1. The lowest BCUT2D eigenvalue weighted by atomic mass is 9.93. The molecule has 3 atom stereocenters. The molecule has 3 unspecified atom stereocenters. The number of nitrogens with two attached hydrogens (primary N) is 1. The van der Waals surface area contributed by atoms with Gasteiger partial charge in [-0.3, -0.25) is 4.90 Å². The summed E-state index contributed by atoms with van der Waals surface area (Å²) in [4.78, 5) is 16.7. The number of rotatable bonds is 2. The highest BCUT2D eigenvalue weighted by atomic mass is 16.6. The van der Waals surface area contributed by atoms with Crippen LogP contribution >= 0.6 is 0 Å². The quantitative estimate of drug-likeness (QED) is 0.834. The molecule has 1 amide bonds. The van der Waals surface area contributed by atoms with Gasteiger partial charge in [0.05, 0.1) is 6.61 Å². The Bertz CT molecular complexity index is 349. The van der Waals surface area contributed by atoms with Crippen LogP contribution < -0.4 is 5.73 Å². The fourth-order valence-electron chi connectivity index (χ4n) is 4.31. The van der Waals surface area contributed by atoms with E-state index in [0.717, 1.165) is 38.6 Å². The number of ether oxygens (including phenoxy) is 1. The lowest BCUT2D eigenvalue weighted by Gasteiger charge is -2.44. The first-order valence-corrected chi connectivity index (χ1v) is 8.13. The van der Waals surface area contributed by atoms with Crippen LogP contribution in [0.4, 0.5) is 4.79 Å². The number of piperidine rings is 2. The Morgan fingerprint density at radius 2 is 1.90 bits per heavy atom. The van der Waals surface area contributed by atoms with Crippen LogP contribution in [0.25, 0.3) is 0 Å². The van der Waals surface area contributed by atoms with Crippen molar-refractivity contribution in [2.24, 2.45) is 5.73 Å². The molecule has 0 spiro atoms. The van der Waals surface area contributed by atoms with Crippen LogP contribution in [0.2, 0.25) is 0 Å². The average Bonchev–Trinajstić information content (AvgIpc) is 2.70. The van der Waals surface area contributed by atoms with Gasteiger partial charge in [-0.15, -0.1) is 0 Å². The van der Waals surface area contributed by atoms with E-state index in [1.165, 1.54) is 13.0 Å². The molecule has 0 aromatic heterocycles. The van der Waals surface area contributed by atoms with Crippen molar-refractivity contribution in [2.75, 3.05) is 19.7 Å². The summed E-state index contributed by atoms with van der Waals surface area (Å²) in [5.41, 5.74) is 6.11. The van der Waals surface area contributed by atoms with Crippen molar-refractivity contribution in [2.45, 2.75) is 69.6 Å². The minimum absolute atomic E-state index is 0.103. The maximum absolute atomic E-state index is 12.1. The van der Waals surface area contributed by atoms with E-state index in [0.29, 0.717) is 30.8 Å². The number of carbonyl (C=O) groups is 1. The highest BCUT2D eigenvalue weighted by molar-refractivity contribution is 5.69. The van der Waals surface area contributed by atoms with E-state index in [1.54, 1.807) is 0 Å². The first-order chi connectivity index (χ1) is 9.69. The third-order valence-corrected chi connectivity index (χ3v) is 5.19. The summed E-state index contributed by atoms with van der Waals surface area (Å²) in [6.45, 7) is 4.56. The average molecular weight is 281 g/mol. The molecular formula is C15H27N3O2. The third kappa shape index (κ3) is 2.66. The van der Waals surface area contributed by atoms with Crippen molar-refractivity contribution in [3.8, 4) is 0 Å². The standard InChI is InChI=1S/C15H27N3O2/c1-2-20-15(19)18-12-5-6-13(18)9-14(8-12)17-7-3-4-11(16)10-17/h11-14H,2-10,16H2,1H3. The molecule has 5 nitrogen and oxygen atoms in total. The van der Waals surface area contributed by atoms with Crippen molar-refractivity contribution in [1.29, 1.82) is 0 Å². The number of carbonyl (C=O) groups excluding carboxylic acids is 1. The highest BCUT2D eigenvalue weighted by Crippen LogP contribution is 2.38. The summed E-state index contributed by atoms with van der Waals surface area (Å²) in [5, 5.41) is 0. The predicted octanol–water partition coefficient (Wildman–Crippen LogP) is 1.56. The van der Waals surface area contributed by atoms with E-state index in [4.69, 9.17) is 10.5 Å². The van der Waals surface area contributed by atoms with Gasteiger partial charge in [-0.1, -0.05) is 0 Å². The molecule has 3 heterocycles. The minimum atomic E-state index is -0.103. The second kappa shape index (κ2) is 5.90. The molecule has 3 aliphatic rings. The summed E-state index contributed by atoms with van der Waals surface area (Å²) >= 11 is 0. The van der Waals surface area contributed by atoms with Gasteiger partial charge in [-0.05, 0) is 52.0 Å². The van der Waals surface area contributed by atoms with Crippen LogP contribution in [0.3, 0.4) is 0 Å². The van der Waals surface area contributed by atoms with Crippen molar-refractivity contribution in [3.05, 3.63) is 0 Å². The molecule has 0 aliphatic carbocycles. The molecule has 0 radical (unpaired) electrons. The molecule has 3 aliphatic heterocycles. The van der Waals surface area contributed by atoms with Crippen LogP contribution in [0.5, 0.6) is 0 Å². The zero-order valence-corrected chi connectivity index (χ0v) is 12.5. The minimum Gasteiger partial charge on any atom is -0.450 e. The number of nitrogens with zero attached hydrogens (tertiary/aromatic N) is 2. The third-order valence-electron chi connectivity index (χ3n) is 5.19. The van der Waals surface area contributed by atoms with E-state index in [-0.39, 0.29) is 6.09 Å². The van der Waals surface area contributed by atoms with Gasteiger partial charge < -0.3 is 15.4 Å². The van der Waals surface area contributed by atoms with Crippen LogP contribution in [-0.4, -0.2) is 59.8 Å². The lowest BCUT2D eigenvalue weighted by molar-refractivity contribution is 0.0334. The van der Waals surface area contributed by atoms with Crippen LogP contribution in [0, 0.1) is 0 Å². The fraction of sp³-hybridized carbons (Fsp3) is 0.933. The topological polar surface area (TPSA) is 58.8 Å². The molecule has 2 N–H and O–H groups in total. The molecule has 0 aromatic carbocycles. The van der Waals surface area contributed by atoms with E-state index >= 15 is 0 Å². The number of likely N-dealkylation sites (tertiary alicyclic amines) is 1. The second-order valence-corrected chi connectivity index (χ2v) is 6.51. The first-order valence-electron chi connectivity index (χ1n) is 8.13. The molecule has 0 saturated carbocycles. The summed E-state index contributed by atoms with van der Waals surface area (Å²) < 4.78 is 5.21. The summed E-state index contributed by atoms with van der Waals surface area (Å²) in [7, 11) is 0. The van der Waals surface area contributed by atoms with Gasteiger partial charge >= 0.3 is 6.09 Å². The van der Waals surface area contributed by atoms with Crippen molar-refractivity contribution < 1.29 is 9.53 Å². The SMILES string of the molecule is CCOC(=O)N1C2CCC1CC(N1CCCC(N)C1)C2. The van der Waals surface area contributed by atoms with E-state index < -0.39 is 0 Å². The Balaban J connectivity index is 1.63. The Hall–Kier alpha value is -0.810. The van der Waals surface area contributed by atoms with Crippen molar-refractivity contribution in [3.63, 3.8) is 0 Å². The van der Waals surface area contributed by atoms with Crippen LogP contribution in [0.15, 0.2) is 0 Å². The Kier molecular flexibility index (Phi) is 4.17. The number of fused-ring (bicyclic) bond motifs is 2. The summed E-state index contributed by atoms with van der Waals surface area (Å²) in [5.74, 6) is 0. The van der Waals surface area contributed by atoms with Gasteiger partial charge in [0.15, 0.2) is 0 Å². The molecule has 0 aromatic rings. The Labute approximate surface area is 121 Å². The normalized spacial score (nSPS) is 38.0. The van der Waals surface area contributed by atoms with Gasteiger partial charge in [0.1, 0.15) is 0 Å². The Morgan fingerprint density at radius 1 is 1.20 bits per heavy atom. The molecule has 3 saturated heterocycles. The van der Waals surface area contributed by atoms with Gasteiger partial charge in [0, 0.05) is 30.7 Å². The smallest absolute Gasteiger partial charge is 0.410 e. The second-order valence-electron chi connectivity index (χ2n) is 6.51. The zero-order valence-electron chi connectivity index (χ0n) is 12.5. The molecule has 20 heavy (non-hydrogen) atoms. The Morgan fingerprint density at radius 3 is 2.50 bits per heavy atom. The van der Waals surface area contributed by atoms with Crippen molar-refractivity contribution >= 4 is 6.09 Å². The van der Waals surface area contributed by atoms with E-state index in [1.807, 2.05) is 11.8 Å². The fourth-order valence-corrected chi connectivity index (χ4v) is 4.31. The summed E-state index contributed by atoms with van der Waals surface area (Å²) in [6, 6.07) is 1.72. The van der Waals surface area contributed by atoms with Gasteiger partial charge in [-0.2, -0.15) is 0 Å². The molecule has 3 fully saturated rings. The molecular weight excluding hydrogens is 254 g/mol. The van der Waals surface area contributed by atoms with Gasteiger partial charge in [0.25, 0.3) is 0 Å². The van der Waals surface area contributed by atoms with Crippen LogP contribution in [0.1, 0.15) is 45.4 Å². The molecule has 2 bridgehead atoms. The maximum Gasteiger partial charge on any atom is 0.410 e. The molecule has 3 rings (SSSR count). The van der Waals surface area contributed by atoms with E-state index in [9.17, 15) is 4.79 Å². The number of hydrogen-bond donors (Lipinski definition) is 1. The maximum atomic E-state index is 12.1. The number of hydrogen-bond acceptors (Lipinski definition) is 4.